The van der Waals surface area contributed by atoms with E-state index in [1.165, 1.54) is 6.07 Å². The number of piperidine rings is 2. The molecule has 3 aliphatic heterocycles. The van der Waals surface area contributed by atoms with Crippen molar-refractivity contribution in [1.29, 1.82) is 5.26 Å². The zero-order valence-corrected chi connectivity index (χ0v) is 15.2. The fraction of sp³-hybridized carbons (Fsp3) is 0.600. The topological polar surface area (TPSA) is 76.8 Å². The molecule has 3 atom stereocenters. The monoisotopic (exact) mass is 373 g/mol. The second kappa shape index (κ2) is 7.35. The van der Waals surface area contributed by atoms with Crippen molar-refractivity contribution in [3.05, 3.63) is 29.6 Å². The van der Waals surface area contributed by atoms with E-state index in [-0.39, 0.29) is 30.4 Å². The van der Waals surface area contributed by atoms with Crippen molar-refractivity contribution < 1.29 is 19.0 Å². The van der Waals surface area contributed by atoms with Gasteiger partial charge in [-0.3, -0.25) is 0 Å². The number of hydrogen-bond acceptors (Lipinski definition) is 5. The van der Waals surface area contributed by atoms with Gasteiger partial charge in [0, 0.05) is 18.6 Å². The summed E-state index contributed by atoms with van der Waals surface area (Å²) >= 11 is 0. The lowest BCUT2D eigenvalue weighted by atomic mass is 10.0. The minimum Gasteiger partial charge on any atom is -0.444 e. The molecule has 4 rings (SSSR count). The number of carbonyl (C=O) groups is 1. The van der Waals surface area contributed by atoms with E-state index in [4.69, 9.17) is 10.00 Å². The summed E-state index contributed by atoms with van der Waals surface area (Å²) in [4.78, 5) is 16.4. The standard InChI is InChI=1S/C20H24FN3O3/c21-18-8-13(11-22)3-6-19(18)23-7-1-2-17(12-23)27-20(26)24-14-4-5-15(24)10-16(25)9-14/h3,6,8,14-17,25H,1-2,4-5,7,9-10,12H2. The third kappa shape index (κ3) is 3.59. The first-order valence-corrected chi connectivity index (χ1v) is 9.66. The molecule has 144 valence electrons. The predicted molar refractivity (Wildman–Crippen MR) is 96.7 cm³/mol. The molecule has 0 aliphatic carbocycles. The maximum Gasteiger partial charge on any atom is 0.410 e. The Morgan fingerprint density at radius 2 is 2.00 bits per heavy atom. The maximum atomic E-state index is 14.3. The summed E-state index contributed by atoms with van der Waals surface area (Å²) in [5.41, 5.74) is 0.731. The van der Waals surface area contributed by atoms with Gasteiger partial charge in [0.25, 0.3) is 0 Å². The Bertz CT molecular complexity index is 751. The lowest BCUT2D eigenvalue weighted by molar-refractivity contribution is 0.00640. The van der Waals surface area contributed by atoms with Gasteiger partial charge in [0.15, 0.2) is 0 Å². The molecule has 1 aromatic carbocycles. The number of aliphatic hydroxyl groups excluding tert-OH is 1. The highest BCUT2D eigenvalue weighted by atomic mass is 19.1. The smallest absolute Gasteiger partial charge is 0.410 e. The molecule has 3 saturated heterocycles. The van der Waals surface area contributed by atoms with Crippen LogP contribution in [0.2, 0.25) is 0 Å². The van der Waals surface area contributed by atoms with Gasteiger partial charge in [-0.05, 0) is 56.7 Å². The fourth-order valence-corrected chi connectivity index (χ4v) is 4.74. The van der Waals surface area contributed by atoms with E-state index in [0.717, 1.165) is 25.7 Å². The van der Waals surface area contributed by atoms with E-state index < -0.39 is 5.82 Å². The number of aliphatic hydroxyl groups is 1. The summed E-state index contributed by atoms with van der Waals surface area (Å²) in [6.07, 6.45) is 3.74. The highest BCUT2D eigenvalue weighted by Crippen LogP contribution is 2.36. The summed E-state index contributed by atoms with van der Waals surface area (Å²) < 4.78 is 20.1. The second-order valence-electron chi connectivity index (χ2n) is 7.79. The average Bonchev–Trinajstić information content (AvgIpc) is 2.93. The normalized spacial score (nSPS) is 30.1. The van der Waals surface area contributed by atoms with Gasteiger partial charge < -0.3 is 19.6 Å². The van der Waals surface area contributed by atoms with Crippen molar-refractivity contribution in [1.82, 2.24) is 4.90 Å². The summed E-state index contributed by atoms with van der Waals surface area (Å²) in [5, 5.41) is 18.8. The SMILES string of the molecule is N#Cc1ccc(N2CCCC(OC(=O)N3C4CCC3CC(O)C4)C2)c(F)c1. The van der Waals surface area contributed by atoms with Crippen LogP contribution in [0.15, 0.2) is 18.2 Å². The molecule has 3 unspecified atom stereocenters. The molecule has 3 aliphatic rings. The largest absolute Gasteiger partial charge is 0.444 e. The van der Waals surface area contributed by atoms with Crippen LogP contribution in [0.1, 0.15) is 44.1 Å². The highest BCUT2D eigenvalue weighted by Gasteiger charge is 2.44. The number of rotatable bonds is 2. The first-order valence-electron chi connectivity index (χ1n) is 9.66. The Hall–Kier alpha value is -2.33. The molecule has 2 bridgehead atoms. The lowest BCUT2D eigenvalue weighted by Gasteiger charge is -2.39. The van der Waals surface area contributed by atoms with Crippen LogP contribution in [0.4, 0.5) is 14.9 Å². The third-order valence-corrected chi connectivity index (χ3v) is 5.98. The summed E-state index contributed by atoms with van der Waals surface area (Å²) in [6.45, 7) is 1.14. The first kappa shape index (κ1) is 18.1. The van der Waals surface area contributed by atoms with E-state index >= 15 is 0 Å². The summed E-state index contributed by atoms with van der Waals surface area (Å²) in [5.74, 6) is -0.427. The van der Waals surface area contributed by atoms with Crippen LogP contribution in [0, 0.1) is 17.1 Å². The van der Waals surface area contributed by atoms with Gasteiger partial charge in [-0.25, -0.2) is 9.18 Å². The zero-order chi connectivity index (χ0) is 19.0. The fourth-order valence-electron chi connectivity index (χ4n) is 4.74. The Morgan fingerprint density at radius 1 is 1.26 bits per heavy atom. The Morgan fingerprint density at radius 3 is 2.67 bits per heavy atom. The second-order valence-corrected chi connectivity index (χ2v) is 7.79. The third-order valence-electron chi connectivity index (χ3n) is 5.98. The van der Waals surface area contributed by atoms with Crippen LogP contribution in [-0.4, -0.2) is 53.5 Å². The minimum absolute atomic E-state index is 0.0712. The van der Waals surface area contributed by atoms with Crippen LogP contribution >= 0.6 is 0 Å². The van der Waals surface area contributed by atoms with Gasteiger partial charge in [-0.15, -0.1) is 0 Å². The van der Waals surface area contributed by atoms with E-state index in [2.05, 4.69) is 0 Å². The van der Waals surface area contributed by atoms with Crippen LogP contribution in [0.3, 0.4) is 0 Å². The Balaban J connectivity index is 1.40. The minimum atomic E-state index is -0.427. The van der Waals surface area contributed by atoms with Crippen molar-refractivity contribution in [2.75, 3.05) is 18.0 Å². The van der Waals surface area contributed by atoms with Crippen LogP contribution < -0.4 is 4.90 Å². The Labute approximate surface area is 158 Å². The van der Waals surface area contributed by atoms with Crippen LogP contribution in [0.25, 0.3) is 0 Å². The van der Waals surface area contributed by atoms with E-state index in [1.807, 2.05) is 15.9 Å². The lowest BCUT2D eigenvalue weighted by Crippen LogP contribution is -2.50. The molecule has 1 amide bonds. The Kier molecular flexibility index (Phi) is 4.92. The average molecular weight is 373 g/mol. The first-order chi connectivity index (χ1) is 13.0. The van der Waals surface area contributed by atoms with E-state index in [1.54, 1.807) is 12.1 Å². The number of fused-ring (bicyclic) bond motifs is 2. The number of amides is 1. The van der Waals surface area contributed by atoms with Crippen LogP contribution in [-0.2, 0) is 4.74 Å². The molecular weight excluding hydrogens is 349 g/mol. The van der Waals surface area contributed by atoms with E-state index in [0.29, 0.717) is 37.2 Å². The molecule has 0 aromatic heterocycles. The molecule has 3 heterocycles. The molecule has 0 spiro atoms. The maximum absolute atomic E-state index is 14.3. The quantitative estimate of drug-likeness (QED) is 0.863. The molecular formula is C20H24FN3O3. The molecule has 1 aromatic rings. The number of hydrogen-bond donors (Lipinski definition) is 1. The van der Waals surface area contributed by atoms with Crippen molar-refractivity contribution in [3.63, 3.8) is 0 Å². The van der Waals surface area contributed by atoms with Gasteiger partial charge in [-0.1, -0.05) is 0 Å². The predicted octanol–water partition coefficient (Wildman–Crippen LogP) is 2.79. The van der Waals surface area contributed by atoms with Crippen molar-refractivity contribution in [3.8, 4) is 6.07 Å². The van der Waals surface area contributed by atoms with Crippen molar-refractivity contribution in [2.24, 2.45) is 0 Å². The zero-order valence-electron chi connectivity index (χ0n) is 15.2. The summed E-state index contributed by atoms with van der Waals surface area (Å²) in [7, 11) is 0. The van der Waals surface area contributed by atoms with Gasteiger partial charge in [0.2, 0.25) is 0 Å². The summed E-state index contributed by atoms with van der Waals surface area (Å²) in [6, 6.07) is 6.53. The molecule has 6 nitrogen and oxygen atoms in total. The van der Waals surface area contributed by atoms with Gasteiger partial charge in [0.1, 0.15) is 11.9 Å². The molecule has 7 heteroatoms. The van der Waals surface area contributed by atoms with E-state index in [9.17, 15) is 14.3 Å². The molecule has 3 fully saturated rings. The molecule has 0 saturated carbocycles. The molecule has 1 N–H and O–H groups in total. The number of nitrogens with zero attached hydrogens (tertiary/aromatic N) is 3. The molecule has 27 heavy (non-hydrogen) atoms. The number of anilines is 1. The number of carbonyl (C=O) groups excluding carboxylic acids is 1. The van der Waals surface area contributed by atoms with Gasteiger partial charge in [-0.2, -0.15) is 5.26 Å². The highest BCUT2D eigenvalue weighted by molar-refractivity contribution is 5.69. The number of nitriles is 1. The van der Waals surface area contributed by atoms with Crippen molar-refractivity contribution >= 4 is 11.8 Å². The van der Waals surface area contributed by atoms with Gasteiger partial charge in [0.05, 0.1) is 30.0 Å². The van der Waals surface area contributed by atoms with Crippen LogP contribution in [0.5, 0.6) is 0 Å². The van der Waals surface area contributed by atoms with Crippen molar-refractivity contribution in [2.45, 2.75) is 62.8 Å². The van der Waals surface area contributed by atoms with Gasteiger partial charge >= 0.3 is 6.09 Å². The number of benzene rings is 1. The number of halogens is 1. The number of ether oxygens (including phenoxy) is 1. The molecule has 0 radical (unpaired) electrons.